The molecule has 0 amide bonds. The SMILES string of the molecule is C=c1ccc2c(c1)N(C)c1cc3c(cc1N=2)Nc1ccccc1O3. The van der Waals surface area contributed by atoms with Crippen LogP contribution >= 0.6 is 0 Å². The second-order valence-electron chi connectivity index (χ2n) is 6.05. The zero-order chi connectivity index (χ0) is 16.3. The standard InChI is InChI=1S/C20H15N3O/c1-12-7-8-13-17(9-12)23(2)18-11-20-16(10-15(18)21-13)22-14-5-3-4-6-19(14)24-20/h3-11,22H,1H2,2H3. The molecule has 116 valence electrons. The van der Waals surface area contributed by atoms with Crippen molar-refractivity contribution in [3.63, 3.8) is 0 Å². The molecule has 4 heteroatoms. The minimum atomic E-state index is 0.809. The van der Waals surface area contributed by atoms with E-state index in [-0.39, 0.29) is 0 Å². The summed E-state index contributed by atoms with van der Waals surface area (Å²) in [5.74, 6) is 1.64. The van der Waals surface area contributed by atoms with E-state index in [4.69, 9.17) is 9.73 Å². The third-order valence-electron chi connectivity index (χ3n) is 4.46. The van der Waals surface area contributed by atoms with Gasteiger partial charge >= 0.3 is 0 Å². The minimum absolute atomic E-state index is 0.809. The van der Waals surface area contributed by atoms with Gasteiger partial charge in [0.15, 0.2) is 11.5 Å². The second kappa shape index (κ2) is 4.61. The molecule has 24 heavy (non-hydrogen) atoms. The van der Waals surface area contributed by atoms with E-state index in [1.807, 2.05) is 55.6 Å². The Balaban J connectivity index is 1.70. The molecule has 0 aromatic heterocycles. The van der Waals surface area contributed by atoms with Crippen molar-refractivity contribution in [3.8, 4) is 11.5 Å². The molecule has 0 saturated carbocycles. The Kier molecular flexibility index (Phi) is 2.54. The summed E-state index contributed by atoms with van der Waals surface area (Å²) in [5, 5.41) is 5.35. The first-order valence-corrected chi connectivity index (χ1v) is 7.82. The molecule has 0 bridgehead atoms. The van der Waals surface area contributed by atoms with Gasteiger partial charge in [0.2, 0.25) is 0 Å². The van der Waals surface area contributed by atoms with Crippen molar-refractivity contribution in [2.75, 3.05) is 17.3 Å². The van der Waals surface area contributed by atoms with Crippen molar-refractivity contribution in [1.29, 1.82) is 0 Å². The summed E-state index contributed by atoms with van der Waals surface area (Å²) in [7, 11) is 2.04. The number of benzene rings is 3. The van der Waals surface area contributed by atoms with Gasteiger partial charge in [0, 0.05) is 13.1 Å². The van der Waals surface area contributed by atoms with Crippen LogP contribution in [-0.4, -0.2) is 7.05 Å². The summed E-state index contributed by atoms with van der Waals surface area (Å²) in [5.41, 5.74) is 4.90. The average molecular weight is 313 g/mol. The highest BCUT2D eigenvalue weighted by Crippen LogP contribution is 2.47. The normalized spacial score (nSPS) is 13.5. The number of rotatable bonds is 0. The molecule has 1 N–H and O–H groups in total. The van der Waals surface area contributed by atoms with Crippen LogP contribution in [0.3, 0.4) is 0 Å². The van der Waals surface area contributed by atoms with Crippen LogP contribution in [0, 0.1) is 0 Å². The van der Waals surface area contributed by atoms with Crippen molar-refractivity contribution in [2.24, 2.45) is 4.99 Å². The largest absolute Gasteiger partial charge is 0.453 e. The zero-order valence-electron chi connectivity index (χ0n) is 13.2. The Morgan fingerprint density at radius 2 is 1.83 bits per heavy atom. The van der Waals surface area contributed by atoms with Gasteiger partial charge in [-0.05, 0) is 35.6 Å². The van der Waals surface area contributed by atoms with Gasteiger partial charge in [-0.25, -0.2) is 4.99 Å². The summed E-state index contributed by atoms with van der Waals surface area (Å²) in [6, 6.07) is 18.0. The lowest BCUT2D eigenvalue weighted by atomic mass is 10.1. The van der Waals surface area contributed by atoms with E-state index >= 15 is 0 Å². The molecule has 0 radical (unpaired) electrons. The molecule has 0 fully saturated rings. The topological polar surface area (TPSA) is 36.9 Å². The lowest BCUT2D eigenvalue weighted by molar-refractivity contribution is 0.481. The Labute approximate surface area is 139 Å². The summed E-state index contributed by atoms with van der Waals surface area (Å²) in [6.07, 6.45) is 0. The van der Waals surface area contributed by atoms with Gasteiger partial charge in [-0.2, -0.15) is 0 Å². The van der Waals surface area contributed by atoms with Crippen LogP contribution < -0.4 is 25.5 Å². The Morgan fingerprint density at radius 3 is 2.75 bits per heavy atom. The second-order valence-corrected chi connectivity index (χ2v) is 6.05. The molecular formula is C20H15N3O. The molecule has 0 spiro atoms. The molecule has 3 aromatic rings. The first-order valence-electron chi connectivity index (χ1n) is 7.82. The molecular weight excluding hydrogens is 298 g/mol. The molecule has 0 saturated heterocycles. The molecule has 0 unspecified atom stereocenters. The van der Waals surface area contributed by atoms with Gasteiger partial charge in [0.1, 0.15) is 0 Å². The van der Waals surface area contributed by atoms with E-state index < -0.39 is 0 Å². The number of nitrogens with zero attached hydrogens (tertiary/aromatic N) is 2. The Hall–Kier alpha value is -3.27. The molecule has 2 aliphatic rings. The van der Waals surface area contributed by atoms with Gasteiger partial charge in [-0.15, -0.1) is 0 Å². The predicted molar refractivity (Wildman–Crippen MR) is 96.7 cm³/mol. The van der Waals surface area contributed by atoms with E-state index in [9.17, 15) is 0 Å². The minimum Gasteiger partial charge on any atom is -0.453 e. The van der Waals surface area contributed by atoms with Crippen molar-refractivity contribution < 1.29 is 4.74 Å². The first-order chi connectivity index (χ1) is 11.7. The van der Waals surface area contributed by atoms with Crippen molar-refractivity contribution in [2.45, 2.75) is 0 Å². The molecule has 2 heterocycles. The fourth-order valence-corrected chi connectivity index (χ4v) is 3.21. The van der Waals surface area contributed by atoms with Crippen LogP contribution in [0.4, 0.5) is 28.4 Å². The Morgan fingerprint density at radius 1 is 0.958 bits per heavy atom. The highest BCUT2D eigenvalue weighted by atomic mass is 16.5. The number of para-hydroxylation sites is 2. The highest BCUT2D eigenvalue weighted by Gasteiger charge is 2.22. The summed E-state index contributed by atoms with van der Waals surface area (Å²) in [4.78, 5) is 6.93. The number of hydrogen-bond acceptors (Lipinski definition) is 4. The van der Waals surface area contributed by atoms with E-state index in [2.05, 4.69) is 22.9 Å². The average Bonchev–Trinajstić information content (AvgIpc) is 2.59. The van der Waals surface area contributed by atoms with Gasteiger partial charge in [0.25, 0.3) is 0 Å². The molecule has 0 aliphatic carbocycles. The van der Waals surface area contributed by atoms with Crippen LogP contribution in [0.2, 0.25) is 0 Å². The maximum atomic E-state index is 6.06. The molecule has 0 atom stereocenters. The fourth-order valence-electron chi connectivity index (χ4n) is 3.21. The van der Waals surface area contributed by atoms with Crippen molar-refractivity contribution >= 4 is 35.0 Å². The molecule has 2 aliphatic heterocycles. The van der Waals surface area contributed by atoms with E-state index in [0.29, 0.717) is 0 Å². The number of hydrogen-bond donors (Lipinski definition) is 1. The van der Waals surface area contributed by atoms with Crippen LogP contribution in [0.15, 0.2) is 59.6 Å². The van der Waals surface area contributed by atoms with E-state index in [1.54, 1.807) is 0 Å². The van der Waals surface area contributed by atoms with Gasteiger partial charge < -0.3 is 15.0 Å². The first kappa shape index (κ1) is 13.2. The maximum Gasteiger partial charge on any atom is 0.153 e. The summed E-state index contributed by atoms with van der Waals surface area (Å²) < 4.78 is 6.06. The van der Waals surface area contributed by atoms with E-state index in [0.717, 1.165) is 50.5 Å². The third-order valence-corrected chi connectivity index (χ3v) is 4.46. The van der Waals surface area contributed by atoms with Crippen LogP contribution in [0.5, 0.6) is 11.5 Å². The van der Waals surface area contributed by atoms with E-state index in [1.165, 1.54) is 0 Å². The zero-order valence-corrected chi connectivity index (χ0v) is 13.2. The van der Waals surface area contributed by atoms with Gasteiger partial charge in [-0.3, -0.25) is 0 Å². The number of anilines is 4. The van der Waals surface area contributed by atoms with Crippen LogP contribution in [0.1, 0.15) is 0 Å². The lowest BCUT2D eigenvalue weighted by Gasteiger charge is -2.28. The highest BCUT2D eigenvalue weighted by molar-refractivity contribution is 5.86. The van der Waals surface area contributed by atoms with Crippen molar-refractivity contribution in [3.05, 3.63) is 65.2 Å². The fraction of sp³-hybridized carbons (Fsp3) is 0.0500. The molecule has 4 nitrogen and oxygen atoms in total. The quantitative estimate of drug-likeness (QED) is 0.533. The Bertz CT molecular complexity index is 1100. The number of fused-ring (bicyclic) bond motifs is 4. The molecule has 5 rings (SSSR count). The smallest absolute Gasteiger partial charge is 0.153 e. The molecule has 3 aromatic carbocycles. The van der Waals surface area contributed by atoms with Crippen molar-refractivity contribution in [1.82, 2.24) is 0 Å². The monoisotopic (exact) mass is 313 g/mol. The van der Waals surface area contributed by atoms with Crippen LogP contribution in [0.25, 0.3) is 6.58 Å². The predicted octanol–water partition coefficient (Wildman–Crippen LogP) is 3.98. The lowest BCUT2D eigenvalue weighted by Crippen LogP contribution is -2.24. The van der Waals surface area contributed by atoms with Gasteiger partial charge in [0.05, 0.1) is 33.8 Å². The van der Waals surface area contributed by atoms with Crippen LogP contribution in [-0.2, 0) is 0 Å². The maximum absolute atomic E-state index is 6.06. The number of nitrogens with one attached hydrogen (secondary N) is 1. The third kappa shape index (κ3) is 1.83. The summed E-state index contributed by atoms with van der Waals surface area (Å²) in [6.45, 7) is 4.01. The number of ether oxygens (including phenoxy) is 1. The van der Waals surface area contributed by atoms with Gasteiger partial charge in [-0.1, -0.05) is 24.8 Å². The summed E-state index contributed by atoms with van der Waals surface area (Å²) >= 11 is 0.